The van der Waals surface area contributed by atoms with Crippen molar-refractivity contribution in [2.45, 2.75) is 39.5 Å². The molecule has 1 saturated heterocycles. The zero-order valence-corrected chi connectivity index (χ0v) is 13.2. The topological polar surface area (TPSA) is 72.4 Å². The summed E-state index contributed by atoms with van der Waals surface area (Å²) in [6, 6.07) is 0. The lowest BCUT2D eigenvalue weighted by Crippen LogP contribution is -2.35. The fourth-order valence-electron chi connectivity index (χ4n) is 2.54. The van der Waals surface area contributed by atoms with Crippen molar-refractivity contribution in [3.05, 3.63) is 12.4 Å². The molecule has 6 nitrogen and oxygen atoms in total. The number of rotatable bonds is 7. The zero-order valence-electron chi connectivity index (χ0n) is 13.2. The molecule has 0 spiro atoms. The summed E-state index contributed by atoms with van der Waals surface area (Å²) in [7, 11) is 0. The first kappa shape index (κ1) is 16.4. The Morgan fingerprint density at radius 1 is 1.27 bits per heavy atom. The smallest absolute Gasteiger partial charge is 0.225 e. The number of hydrogen-bond acceptors (Lipinski definition) is 6. The molecule has 6 heteroatoms. The van der Waals surface area contributed by atoms with Crippen LogP contribution in [0.5, 0.6) is 5.75 Å². The summed E-state index contributed by atoms with van der Waals surface area (Å²) < 4.78 is 5.25. The van der Waals surface area contributed by atoms with Crippen molar-refractivity contribution in [2.24, 2.45) is 5.92 Å². The Balaban J connectivity index is 1.83. The summed E-state index contributed by atoms with van der Waals surface area (Å²) in [6.07, 6.45) is 6.51. The second-order valence-corrected chi connectivity index (χ2v) is 5.74. The van der Waals surface area contributed by atoms with E-state index in [0.29, 0.717) is 36.2 Å². The molecular weight excluding hydrogens is 282 g/mol. The van der Waals surface area contributed by atoms with Crippen molar-refractivity contribution in [3.8, 4) is 5.75 Å². The Morgan fingerprint density at radius 2 is 1.91 bits per heavy atom. The molecular formula is C16H23N3O3. The zero-order chi connectivity index (χ0) is 15.9. The van der Waals surface area contributed by atoms with Gasteiger partial charge in [0.2, 0.25) is 5.95 Å². The summed E-state index contributed by atoms with van der Waals surface area (Å²) in [4.78, 5) is 33.1. The Kier molecular flexibility index (Phi) is 5.86. The van der Waals surface area contributed by atoms with Gasteiger partial charge >= 0.3 is 0 Å². The van der Waals surface area contributed by atoms with Gasteiger partial charge in [0, 0.05) is 25.9 Å². The van der Waals surface area contributed by atoms with Gasteiger partial charge in [0.25, 0.3) is 0 Å². The van der Waals surface area contributed by atoms with E-state index in [1.807, 2.05) is 6.92 Å². The van der Waals surface area contributed by atoms with E-state index in [4.69, 9.17) is 4.74 Å². The maximum absolute atomic E-state index is 11.5. The highest BCUT2D eigenvalue weighted by atomic mass is 16.5. The second-order valence-electron chi connectivity index (χ2n) is 5.74. The van der Waals surface area contributed by atoms with Crippen LogP contribution in [0.4, 0.5) is 5.95 Å². The number of piperidine rings is 1. The standard InChI is InChI=1S/C16H23N3O3/c1-3-14(21)8-13-4-6-19(7-5-13)16-17-9-15(10-18-16)22-11-12(2)20/h9-10,13H,3-8,11H2,1-2H3. The van der Waals surface area contributed by atoms with Gasteiger partial charge in [-0.25, -0.2) is 9.97 Å². The quantitative estimate of drug-likeness (QED) is 0.767. The summed E-state index contributed by atoms with van der Waals surface area (Å²) in [5, 5.41) is 0. The lowest BCUT2D eigenvalue weighted by Gasteiger charge is -2.31. The molecule has 0 saturated carbocycles. The van der Waals surface area contributed by atoms with Crippen LogP contribution in [-0.4, -0.2) is 41.2 Å². The molecule has 0 unspecified atom stereocenters. The fraction of sp³-hybridized carbons (Fsp3) is 0.625. The monoisotopic (exact) mass is 305 g/mol. The van der Waals surface area contributed by atoms with Gasteiger partial charge in [-0.05, 0) is 25.7 Å². The lowest BCUT2D eigenvalue weighted by atomic mass is 9.91. The predicted octanol–water partition coefficient (Wildman–Crippen LogP) is 2.03. The Morgan fingerprint density at radius 3 is 2.45 bits per heavy atom. The molecule has 120 valence electrons. The number of carbonyl (C=O) groups excluding carboxylic acids is 2. The molecule has 2 heterocycles. The van der Waals surface area contributed by atoms with Crippen molar-refractivity contribution in [2.75, 3.05) is 24.6 Å². The predicted molar refractivity (Wildman–Crippen MR) is 83.1 cm³/mol. The molecule has 1 aliphatic heterocycles. The Labute approximate surface area is 130 Å². The Hall–Kier alpha value is -1.98. The number of carbonyl (C=O) groups is 2. The van der Waals surface area contributed by atoms with Gasteiger partial charge in [-0.2, -0.15) is 0 Å². The molecule has 0 aliphatic carbocycles. The Bertz CT molecular complexity index is 508. The van der Waals surface area contributed by atoms with Crippen LogP contribution in [0.2, 0.25) is 0 Å². The van der Waals surface area contributed by atoms with Crippen LogP contribution in [0.25, 0.3) is 0 Å². The summed E-state index contributed by atoms with van der Waals surface area (Å²) in [6.45, 7) is 5.17. The number of anilines is 1. The highest BCUT2D eigenvalue weighted by Crippen LogP contribution is 2.24. The summed E-state index contributed by atoms with van der Waals surface area (Å²) in [5.41, 5.74) is 0. The van der Waals surface area contributed by atoms with E-state index >= 15 is 0 Å². The molecule has 2 rings (SSSR count). The van der Waals surface area contributed by atoms with Crippen LogP contribution in [0.3, 0.4) is 0 Å². The molecule has 0 atom stereocenters. The maximum atomic E-state index is 11.5. The number of aromatic nitrogens is 2. The molecule has 1 aromatic heterocycles. The molecule has 0 radical (unpaired) electrons. The van der Waals surface area contributed by atoms with Gasteiger partial charge in [-0.3, -0.25) is 9.59 Å². The molecule has 0 bridgehead atoms. The van der Waals surface area contributed by atoms with Gasteiger partial charge in [0.15, 0.2) is 11.5 Å². The molecule has 1 aromatic rings. The van der Waals surface area contributed by atoms with Crippen LogP contribution >= 0.6 is 0 Å². The third kappa shape index (κ3) is 4.79. The molecule has 0 amide bonds. The highest BCUT2D eigenvalue weighted by Gasteiger charge is 2.22. The van der Waals surface area contributed by atoms with Crippen LogP contribution in [0, 0.1) is 5.92 Å². The average molecular weight is 305 g/mol. The second kappa shape index (κ2) is 7.87. The van der Waals surface area contributed by atoms with E-state index in [1.54, 1.807) is 12.4 Å². The van der Waals surface area contributed by atoms with Gasteiger partial charge in [-0.1, -0.05) is 6.92 Å². The van der Waals surface area contributed by atoms with Crippen LogP contribution in [-0.2, 0) is 9.59 Å². The van der Waals surface area contributed by atoms with Crippen LogP contribution in [0.15, 0.2) is 12.4 Å². The van der Waals surface area contributed by atoms with Crippen molar-refractivity contribution in [3.63, 3.8) is 0 Å². The summed E-state index contributed by atoms with van der Waals surface area (Å²) >= 11 is 0. The SMILES string of the molecule is CCC(=O)CC1CCN(c2ncc(OCC(C)=O)cn2)CC1. The largest absolute Gasteiger partial charge is 0.483 e. The first-order chi connectivity index (χ1) is 10.6. The molecule has 0 N–H and O–H groups in total. The number of nitrogens with zero attached hydrogens (tertiary/aromatic N) is 3. The fourth-order valence-corrected chi connectivity index (χ4v) is 2.54. The minimum Gasteiger partial charge on any atom is -0.483 e. The van der Waals surface area contributed by atoms with Gasteiger partial charge in [0.1, 0.15) is 12.4 Å². The first-order valence-corrected chi connectivity index (χ1v) is 7.79. The van der Waals surface area contributed by atoms with Crippen LogP contribution in [0.1, 0.15) is 39.5 Å². The molecule has 1 fully saturated rings. The van der Waals surface area contributed by atoms with E-state index < -0.39 is 0 Å². The summed E-state index contributed by atoms with van der Waals surface area (Å²) in [5.74, 6) is 1.98. The van der Waals surface area contributed by atoms with E-state index in [9.17, 15) is 9.59 Å². The number of ketones is 2. The first-order valence-electron chi connectivity index (χ1n) is 7.79. The number of ether oxygens (including phenoxy) is 1. The molecule has 0 aromatic carbocycles. The van der Waals surface area contributed by atoms with Crippen molar-refractivity contribution >= 4 is 17.5 Å². The van der Waals surface area contributed by atoms with Crippen molar-refractivity contribution < 1.29 is 14.3 Å². The number of Topliss-reactive ketones (excluding diaryl/α,β-unsaturated/α-hetero) is 2. The minimum absolute atomic E-state index is 0.0345. The van der Waals surface area contributed by atoms with Crippen molar-refractivity contribution in [1.82, 2.24) is 9.97 Å². The maximum Gasteiger partial charge on any atom is 0.225 e. The third-order valence-corrected chi connectivity index (χ3v) is 3.86. The average Bonchev–Trinajstić information content (AvgIpc) is 2.54. The van der Waals surface area contributed by atoms with Crippen LogP contribution < -0.4 is 9.64 Å². The number of hydrogen-bond donors (Lipinski definition) is 0. The van der Waals surface area contributed by atoms with E-state index in [1.165, 1.54) is 6.92 Å². The van der Waals surface area contributed by atoms with Gasteiger partial charge in [-0.15, -0.1) is 0 Å². The van der Waals surface area contributed by atoms with E-state index in [0.717, 1.165) is 25.9 Å². The third-order valence-electron chi connectivity index (χ3n) is 3.86. The van der Waals surface area contributed by atoms with E-state index in [-0.39, 0.29) is 12.4 Å². The van der Waals surface area contributed by atoms with E-state index in [2.05, 4.69) is 14.9 Å². The normalized spacial score (nSPS) is 15.6. The van der Waals surface area contributed by atoms with Gasteiger partial charge < -0.3 is 9.64 Å². The van der Waals surface area contributed by atoms with Crippen molar-refractivity contribution in [1.29, 1.82) is 0 Å². The lowest BCUT2D eigenvalue weighted by molar-refractivity contribution is -0.120. The molecule has 22 heavy (non-hydrogen) atoms. The minimum atomic E-state index is -0.0345. The van der Waals surface area contributed by atoms with Gasteiger partial charge in [0.05, 0.1) is 12.4 Å². The molecule has 1 aliphatic rings. The highest BCUT2D eigenvalue weighted by molar-refractivity contribution is 5.78.